The first kappa shape index (κ1) is 17.3. The standard InChI is InChI=1S/C7H10Cl2F6OSi/c1-17(8,9)4-2-3-16-7(14,15)5(10)6(11,12)13/h5H,2-4H2,1H3. The molecule has 1 unspecified atom stereocenters. The number of rotatable bonds is 6. The quantitative estimate of drug-likeness (QED) is 0.304. The number of alkyl halides is 6. The maximum atomic E-state index is 12.6. The summed E-state index contributed by atoms with van der Waals surface area (Å²) in [5.41, 5.74) is 0. The maximum absolute atomic E-state index is 12.6. The van der Waals surface area contributed by atoms with Crippen LogP contribution in [0.25, 0.3) is 0 Å². The fourth-order valence-electron chi connectivity index (χ4n) is 0.855. The fourth-order valence-corrected chi connectivity index (χ4v) is 2.42. The SMILES string of the molecule is C[Si](Cl)(Cl)CCCOC(F)(F)C(F)C(F)(F)F. The molecule has 0 bridgehead atoms. The third kappa shape index (κ3) is 7.38. The number of hydrogen-bond acceptors (Lipinski definition) is 1. The Hall–Kier alpha value is 0.337. The van der Waals surface area contributed by atoms with Gasteiger partial charge in [-0.05, 0) is 19.0 Å². The zero-order valence-corrected chi connectivity index (χ0v) is 11.1. The molecule has 0 aromatic rings. The van der Waals surface area contributed by atoms with Crippen molar-refractivity contribution in [1.82, 2.24) is 0 Å². The lowest BCUT2D eigenvalue weighted by molar-refractivity contribution is -0.335. The Kier molecular flexibility index (Phi) is 6.10. The van der Waals surface area contributed by atoms with Gasteiger partial charge in [0.2, 0.25) is 6.69 Å². The first-order chi connectivity index (χ1) is 7.36. The van der Waals surface area contributed by atoms with Crippen LogP contribution >= 0.6 is 22.2 Å². The van der Waals surface area contributed by atoms with E-state index in [1.165, 1.54) is 6.55 Å². The van der Waals surface area contributed by atoms with Gasteiger partial charge in [-0.25, -0.2) is 4.39 Å². The molecule has 0 fully saturated rings. The Morgan fingerprint density at radius 1 is 1.18 bits per heavy atom. The van der Waals surface area contributed by atoms with Crippen LogP contribution in [0, 0.1) is 0 Å². The lowest BCUT2D eigenvalue weighted by Gasteiger charge is -2.22. The third-order valence-electron chi connectivity index (χ3n) is 1.64. The van der Waals surface area contributed by atoms with Gasteiger partial charge in [-0.1, -0.05) is 0 Å². The molecule has 1 atom stereocenters. The van der Waals surface area contributed by atoms with Crippen molar-refractivity contribution in [2.45, 2.75) is 37.5 Å². The molecule has 0 amide bonds. The molecule has 0 saturated heterocycles. The average molecular weight is 323 g/mol. The molecule has 0 rings (SSSR count). The van der Waals surface area contributed by atoms with Crippen molar-refractivity contribution >= 4 is 28.9 Å². The molecule has 1 nitrogen and oxygen atoms in total. The fraction of sp³-hybridized carbons (Fsp3) is 1.00. The monoisotopic (exact) mass is 322 g/mol. The first-order valence-corrected chi connectivity index (χ1v) is 9.20. The van der Waals surface area contributed by atoms with Crippen LogP contribution in [-0.4, -0.2) is 31.8 Å². The van der Waals surface area contributed by atoms with Gasteiger partial charge in [-0.15, -0.1) is 22.2 Å². The van der Waals surface area contributed by atoms with E-state index >= 15 is 0 Å². The van der Waals surface area contributed by atoms with Crippen LogP contribution in [0.4, 0.5) is 26.3 Å². The molecule has 0 aliphatic rings. The molecule has 0 aromatic carbocycles. The third-order valence-corrected chi connectivity index (χ3v) is 4.00. The van der Waals surface area contributed by atoms with Crippen molar-refractivity contribution in [3.05, 3.63) is 0 Å². The van der Waals surface area contributed by atoms with E-state index in [4.69, 9.17) is 22.2 Å². The molecule has 17 heavy (non-hydrogen) atoms. The van der Waals surface area contributed by atoms with Crippen LogP contribution < -0.4 is 0 Å². The molecule has 0 saturated carbocycles. The van der Waals surface area contributed by atoms with Gasteiger partial charge in [0, 0.05) is 0 Å². The van der Waals surface area contributed by atoms with E-state index in [0.717, 1.165) is 0 Å². The van der Waals surface area contributed by atoms with E-state index < -0.39 is 31.8 Å². The molecule has 0 aromatic heterocycles. The molecular formula is C7H10Cl2F6OSi. The predicted molar refractivity (Wildman–Crippen MR) is 54.6 cm³/mol. The zero-order chi connectivity index (χ0) is 13.9. The molecule has 0 spiro atoms. The summed E-state index contributed by atoms with van der Waals surface area (Å²) in [5.74, 6) is 0. The maximum Gasteiger partial charge on any atom is 0.428 e. The minimum absolute atomic E-state index is 0.0596. The van der Waals surface area contributed by atoms with Crippen LogP contribution in [0.2, 0.25) is 12.6 Å². The minimum atomic E-state index is -5.66. The molecule has 10 heteroatoms. The Balaban J connectivity index is 4.11. The van der Waals surface area contributed by atoms with Crippen molar-refractivity contribution in [3.63, 3.8) is 0 Å². The summed E-state index contributed by atoms with van der Waals surface area (Å²) in [4.78, 5) is 0. The lowest BCUT2D eigenvalue weighted by atomic mass is 10.3. The van der Waals surface area contributed by atoms with E-state index in [1.54, 1.807) is 0 Å². The Labute approximate surface area is 104 Å². The topological polar surface area (TPSA) is 9.23 Å². The predicted octanol–water partition coefficient (Wildman–Crippen LogP) is 4.44. The summed E-state index contributed by atoms with van der Waals surface area (Å²) in [5, 5.41) is 0. The number of halogens is 8. The van der Waals surface area contributed by atoms with Gasteiger partial charge >= 0.3 is 12.3 Å². The Bertz CT molecular complexity index is 241. The Morgan fingerprint density at radius 2 is 1.65 bits per heavy atom. The molecular weight excluding hydrogens is 313 g/mol. The zero-order valence-electron chi connectivity index (χ0n) is 8.63. The van der Waals surface area contributed by atoms with Crippen molar-refractivity contribution in [1.29, 1.82) is 0 Å². The highest BCUT2D eigenvalue weighted by Gasteiger charge is 2.58. The average Bonchev–Trinajstić information content (AvgIpc) is 2.08. The van der Waals surface area contributed by atoms with Crippen LogP contribution in [-0.2, 0) is 4.74 Å². The van der Waals surface area contributed by atoms with Gasteiger partial charge in [0.1, 0.15) is 0 Å². The second kappa shape index (κ2) is 5.99. The van der Waals surface area contributed by atoms with E-state index in [1.807, 2.05) is 0 Å². The second-order valence-corrected chi connectivity index (χ2v) is 11.7. The van der Waals surface area contributed by atoms with Gasteiger partial charge in [0.05, 0.1) is 6.61 Å². The Morgan fingerprint density at radius 3 is 2.00 bits per heavy atom. The lowest BCUT2D eigenvalue weighted by Crippen LogP contribution is -2.43. The first-order valence-electron chi connectivity index (χ1n) is 4.46. The minimum Gasteiger partial charge on any atom is -0.318 e. The molecule has 104 valence electrons. The highest BCUT2D eigenvalue weighted by molar-refractivity contribution is 7.44. The summed E-state index contributed by atoms with van der Waals surface area (Å²) in [7, 11) is 0. The summed E-state index contributed by atoms with van der Waals surface area (Å²) < 4.78 is 76.0. The number of hydrogen-bond donors (Lipinski definition) is 0. The van der Waals surface area contributed by atoms with Crippen LogP contribution in [0.15, 0.2) is 0 Å². The smallest absolute Gasteiger partial charge is 0.318 e. The van der Waals surface area contributed by atoms with Gasteiger partial charge < -0.3 is 4.74 Å². The summed E-state index contributed by atoms with van der Waals surface area (Å²) in [6, 6.07) is 0.162. The van der Waals surface area contributed by atoms with Crippen molar-refractivity contribution in [2.24, 2.45) is 0 Å². The van der Waals surface area contributed by atoms with E-state index in [-0.39, 0.29) is 12.5 Å². The largest absolute Gasteiger partial charge is 0.428 e. The highest BCUT2D eigenvalue weighted by atomic mass is 35.7. The molecule has 0 aliphatic heterocycles. The molecule has 0 radical (unpaired) electrons. The summed E-state index contributed by atoms with van der Waals surface area (Å²) in [6.07, 6.45) is -15.0. The van der Waals surface area contributed by atoms with E-state index in [2.05, 4.69) is 4.74 Å². The molecule has 0 aliphatic carbocycles. The van der Waals surface area contributed by atoms with Crippen molar-refractivity contribution in [3.8, 4) is 0 Å². The van der Waals surface area contributed by atoms with Gasteiger partial charge in [-0.2, -0.15) is 22.0 Å². The number of ether oxygens (including phenoxy) is 1. The van der Waals surface area contributed by atoms with Gasteiger partial charge in [0.25, 0.3) is 6.17 Å². The van der Waals surface area contributed by atoms with Crippen LogP contribution in [0.3, 0.4) is 0 Å². The van der Waals surface area contributed by atoms with Crippen molar-refractivity contribution < 1.29 is 31.1 Å². The van der Waals surface area contributed by atoms with E-state index in [9.17, 15) is 26.3 Å². The molecule has 0 heterocycles. The van der Waals surface area contributed by atoms with Gasteiger partial charge in [0.15, 0.2) is 0 Å². The van der Waals surface area contributed by atoms with E-state index in [0.29, 0.717) is 0 Å². The van der Waals surface area contributed by atoms with Crippen LogP contribution in [0.1, 0.15) is 6.42 Å². The van der Waals surface area contributed by atoms with Crippen LogP contribution in [0.5, 0.6) is 0 Å². The second-order valence-electron chi connectivity index (χ2n) is 3.49. The molecule has 0 N–H and O–H groups in total. The summed E-state index contributed by atoms with van der Waals surface area (Å²) >= 11 is 11.3. The summed E-state index contributed by atoms with van der Waals surface area (Å²) in [6.45, 7) is -1.74. The normalized spacial score (nSPS) is 16.1. The highest BCUT2D eigenvalue weighted by Crippen LogP contribution is 2.35. The van der Waals surface area contributed by atoms with Crippen molar-refractivity contribution in [2.75, 3.05) is 6.61 Å². The van der Waals surface area contributed by atoms with Gasteiger partial charge in [-0.3, -0.25) is 0 Å².